The first-order chi connectivity index (χ1) is 18.0. The molecule has 200 valence electrons. The summed E-state index contributed by atoms with van der Waals surface area (Å²) in [6, 6.07) is 8.48. The van der Waals surface area contributed by atoms with Crippen molar-refractivity contribution in [2.75, 3.05) is 29.2 Å². The summed E-state index contributed by atoms with van der Waals surface area (Å²) >= 11 is 6.26. The number of aromatic nitrogens is 2. The normalized spacial score (nSPS) is 11.0. The molecule has 0 radical (unpaired) electrons. The summed E-state index contributed by atoms with van der Waals surface area (Å²) in [5.41, 5.74) is -0.145. The lowest BCUT2D eigenvalue weighted by atomic mass is 10.1. The Balaban J connectivity index is 1.97. The minimum atomic E-state index is -4.72. The summed E-state index contributed by atoms with van der Waals surface area (Å²) in [7, 11) is 1.49. The Kier molecular flexibility index (Phi) is 8.95. The third kappa shape index (κ3) is 6.80. The first kappa shape index (κ1) is 28.5. The van der Waals surface area contributed by atoms with Crippen LogP contribution in [0, 0.1) is 0 Å². The van der Waals surface area contributed by atoms with Crippen LogP contribution in [0.3, 0.4) is 0 Å². The van der Waals surface area contributed by atoms with E-state index in [1.807, 2.05) is 0 Å². The van der Waals surface area contributed by atoms with Gasteiger partial charge in [-0.05, 0) is 55.0 Å². The molecule has 0 atom stereocenters. The number of ether oxygens (including phenoxy) is 1. The van der Waals surface area contributed by atoms with Gasteiger partial charge < -0.3 is 20.3 Å². The number of halogens is 4. The lowest BCUT2D eigenvalue weighted by molar-refractivity contribution is -0.137. The summed E-state index contributed by atoms with van der Waals surface area (Å²) in [6.45, 7) is 6.63. The van der Waals surface area contributed by atoms with Crippen LogP contribution in [0.25, 0.3) is 0 Å². The van der Waals surface area contributed by atoms with Gasteiger partial charge in [-0.2, -0.15) is 18.2 Å². The molecule has 0 aliphatic carbocycles. The number of rotatable bonds is 10. The smallest absolute Gasteiger partial charge is 0.418 e. The zero-order valence-corrected chi connectivity index (χ0v) is 21.6. The van der Waals surface area contributed by atoms with Crippen molar-refractivity contribution in [2.45, 2.75) is 26.4 Å². The molecule has 0 saturated carbocycles. The Morgan fingerprint density at radius 1 is 1.16 bits per heavy atom. The summed E-state index contributed by atoms with van der Waals surface area (Å²) in [4.78, 5) is 33.3. The molecule has 0 aliphatic heterocycles. The minimum Gasteiger partial charge on any atom is -0.497 e. The van der Waals surface area contributed by atoms with Gasteiger partial charge in [-0.1, -0.05) is 18.2 Å². The highest BCUT2D eigenvalue weighted by molar-refractivity contribution is 6.33. The third-order valence-electron chi connectivity index (χ3n) is 5.46. The highest BCUT2D eigenvalue weighted by Gasteiger charge is 2.34. The van der Waals surface area contributed by atoms with Crippen molar-refractivity contribution in [2.24, 2.45) is 0 Å². The lowest BCUT2D eigenvalue weighted by Gasteiger charge is -2.22. The monoisotopic (exact) mass is 547 g/mol. The number of carbonyl (C=O) groups excluding carboxylic acids is 2. The second-order valence-corrected chi connectivity index (χ2v) is 8.41. The number of alkyl halides is 3. The first-order valence-electron chi connectivity index (χ1n) is 11.3. The number of carbonyl (C=O) groups is 2. The van der Waals surface area contributed by atoms with Crippen LogP contribution >= 0.6 is 11.6 Å². The number of nitrogens with one attached hydrogen (secondary N) is 2. The van der Waals surface area contributed by atoms with Crippen molar-refractivity contribution < 1.29 is 27.5 Å². The van der Waals surface area contributed by atoms with E-state index in [1.165, 1.54) is 43.3 Å². The van der Waals surface area contributed by atoms with E-state index in [1.54, 1.807) is 25.1 Å². The van der Waals surface area contributed by atoms with E-state index in [0.29, 0.717) is 17.0 Å². The molecule has 1 amide bonds. The number of anilines is 5. The molecule has 0 aliphatic rings. The van der Waals surface area contributed by atoms with Gasteiger partial charge in [0.1, 0.15) is 10.8 Å². The Hall–Kier alpha value is -4.12. The Labute approximate surface area is 222 Å². The molecule has 38 heavy (non-hydrogen) atoms. The topological polar surface area (TPSA) is 96.5 Å². The Morgan fingerprint density at radius 3 is 2.47 bits per heavy atom. The number of benzene rings is 2. The number of allylic oxidation sites excluding steroid dienone is 1. The van der Waals surface area contributed by atoms with E-state index in [9.17, 15) is 22.8 Å². The van der Waals surface area contributed by atoms with Gasteiger partial charge in [-0.3, -0.25) is 9.59 Å². The number of amides is 1. The average molecular weight is 548 g/mol. The quantitative estimate of drug-likeness (QED) is 0.287. The maximum absolute atomic E-state index is 13.9. The van der Waals surface area contributed by atoms with Gasteiger partial charge in [0.15, 0.2) is 11.6 Å². The molecule has 3 rings (SSSR count). The highest BCUT2D eigenvalue weighted by Crippen LogP contribution is 2.38. The van der Waals surface area contributed by atoms with Crippen LogP contribution in [-0.4, -0.2) is 35.3 Å². The van der Waals surface area contributed by atoms with E-state index >= 15 is 0 Å². The molecular weight excluding hydrogens is 523 g/mol. The fourth-order valence-electron chi connectivity index (χ4n) is 3.62. The van der Waals surface area contributed by atoms with Crippen molar-refractivity contribution in [3.63, 3.8) is 0 Å². The van der Waals surface area contributed by atoms with Crippen LogP contribution < -0.4 is 20.3 Å². The first-order valence-corrected chi connectivity index (χ1v) is 11.7. The molecule has 12 heteroatoms. The molecule has 3 aromatic rings. The predicted molar refractivity (Wildman–Crippen MR) is 141 cm³/mol. The van der Waals surface area contributed by atoms with Crippen LogP contribution in [0.15, 0.2) is 55.3 Å². The number of hydrogen-bond donors (Lipinski definition) is 2. The van der Waals surface area contributed by atoms with E-state index in [0.717, 1.165) is 6.07 Å². The molecule has 2 N–H and O–H groups in total. The van der Waals surface area contributed by atoms with Crippen LogP contribution in [-0.2, 0) is 22.2 Å². The zero-order chi connectivity index (χ0) is 28.0. The maximum atomic E-state index is 13.9. The predicted octanol–water partition coefficient (Wildman–Crippen LogP) is 6.32. The van der Waals surface area contributed by atoms with Gasteiger partial charge in [0.25, 0.3) is 0 Å². The van der Waals surface area contributed by atoms with Crippen LogP contribution in [0.1, 0.15) is 25.0 Å². The summed E-state index contributed by atoms with van der Waals surface area (Å²) in [6.07, 6.45) is -2.28. The van der Waals surface area contributed by atoms with Crippen molar-refractivity contribution >= 4 is 52.1 Å². The lowest BCUT2D eigenvalue weighted by Crippen LogP contribution is -2.28. The largest absolute Gasteiger partial charge is 0.497 e. The van der Waals surface area contributed by atoms with E-state index in [2.05, 4.69) is 27.2 Å². The minimum absolute atomic E-state index is 0.0210. The summed E-state index contributed by atoms with van der Waals surface area (Å²) < 4.78 is 46.9. The second kappa shape index (κ2) is 12.0. The SMILES string of the molecule is C=CC(=O)Cc1cc(OC)ccc1Nc1nc(Nc2ccc(N(CC)C(C)=O)cc2C(F)(F)F)ncc1Cl. The van der Waals surface area contributed by atoms with Crippen molar-refractivity contribution in [3.8, 4) is 5.75 Å². The van der Waals surface area contributed by atoms with E-state index < -0.39 is 11.7 Å². The van der Waals surface area contributed by atoms with Crippen molar-refractivity contribution in [3.05, 3.63) is 71.4 Å². The molecule has 0 unspecified atom stereocenters. The van der Waals surface area contributed by atoms with E-state index in [-0.39, 0.29) is 52.8 Å². The van der Waals surface area contributed by atoms with Gasteiger partial charge in [-0.15, -0.1) is 0 Å². The number of hydrogen-bond acceptors (Lipinski definition) is 7. The number of ketones is 1. The van der Waals surface area contributed by atoms with Gasteiger partial charge in [0.2, 0.25) is 11.9 Å². The maximum Gasteiger partial charge on any atom is 0.418 e. The highest BCUT2D eigenvalue weighted by atomic mass is 35.5. The molecule has 2 aromatic carbocycles. The average Bonchev–Trinajstić information content (AvgIpc) is 2.87. The van der Waals surface area contributed by atoms with E-state index in [4.69, 9.17) is 16.3 Å². The van der Waals surface area contributed by atoms with Crippen LogP contribution in [0.2, 0.25) is 5.02 Å². The van der Waals surface area contributed by atoms with Crippen molar-refractivity contribution in [1.82, 2.24) is 9.97 Å². The summed E-state index contributed by atoms with van der Waals surface area (Å²) in [5.74, 6) is -0.155. The molecule has 0 spiro atoms. The molecule has 8 nitrogen and oxygen atoms in total. The number of nitrogens with zero attached hydrogens (tertiary/aromatic N) is 3. The van der Waals surface area contributed by atoms with Crippen molar-refractivity contribution in [1.29, 1.82) is 0 Å². The second-order valence-electron chi connectivity index (χ2n) is 8.00. The molecule has 1 heterocycles. The van der Waals surface area contributed by atoms with Gasteiger partial charge in [0, 0.05) is 31.3 Å². The van der Waals surface area contributed by atoms with Gasteiger partial charge in [0.05, 0.1) is 24.6 Å². The fraction of sp³-hybridized carbons (Fsp3) is 0.231. The zero-order valence-electron chi connectivity index (χ0n) is 20.8. The number of methoxy groups -OCH3 is 1. The van der Waals surface area contributed by atoms with Crippen LogP contribution in [0.5, 0.6) is 5.75 Å². The van der Waals surface area contributed by atoms with Gasteiger partial charge >= 0.3 is 6.18 Å². The Bertz CT molecular complexity index is 1360. The molecule has 0 saturated heterocycles. The molecule has 1 aromatic heterocycles. The van der Waals surface area contributed by atoms with Gasteiger partial charge in [-0.25, -0.2) is 4.98 Å². The molecule has 0 fully saturated rings. The van der Waals surface area contributed by atoms with Crippen LogP contribution in [0.4, 0.5) is 42.0 Å². The summed E-state index contributed by atoms with van der Waals surface area (Å²) in [5, 5.41) is 5.69. The fourth-order valence-corrected chi connectivity index (χ4v) is 3.76. The Morgan fingerprint density at radius 2 is 1.87 bits per heavy atom. The molecule has 0 bridgehead atoms. The standard InChI is InChI=1S/C26H25ClF3N5O3/c1-5-18(37)11-16-12-19(38-4)8-10-22(16)32-24-21(27)14-31-25(34-24)33-23-9-7-17(35(6-2)15(3)36)13-20(23)26(28,29)30/h5,7-10,12-14H,1,6,11H2,2-4H3,(H2,31,32,33,34). The molecular formula is C26H25ClF3N5O3. The third-order valence-corrected chi connectivity index (χ3v) is 5.74.